The minimum Gasteiger partial charge on any atom is -0.466 e. The number of allylic oxidation sites excluding steroid dienone is 1. The lowest BCUT2D eigenvalue weighted by Gasteiger charge is -2.26. The zero-order valence-corrected chi connectivity index (χ0v) is 14.2. The summed E-state index contributed by atoms with van der Waals surface area (Å²) in [5, 5.41) is 5.76. The Morgan fingerprint density at radius 2 is 2.09 bits per heavy atom. The maximum absolute atomic E-state index is 12.2. The molecule has 3 rings (SSSR count). The second-order valence-electron chi connectivity index (χ2n) is 5.03. The van der Waals surface area contributed by atoms with E-state index in [2.05, 4.69) is 5.32 Å². The summed E-state index contributed by atoms with van der Waals surface area (Å²) in [5.41, 5.74) is 1.98. The number of hydrogen-bond donors (Lipinski definition) is 1. The second-order valence-corrected chi connectivity index (χ2v) is 6.39. The second kappa shape index (κ2) is 6.56. The lowest BCUT2D eigenvalue weighted by molar-refractivity contribution is -0.136. The molecule has 1 aromatic carbocycles. The van der Waals surface area contributed by atoms with Crippen molar-refractivity contribution in [3.63, 3.8) is 0 Å². The van der Waals surface area contributed by atoms with Crippen molar-refractivity contribution in [2.24, 2.45) is 4.99 Å². The van der Waals surface area contributed by atoms with E-state index in [1.807, 2.05) is 42.6 Å². The van der Waals surface area contributed by atoms with E-state index in [4.69, 9.17) is 21.3 Å². The molecule has 2 heterocycles. The Balaban J connectivity index is 2.13. The average Bonchev–Trinajstić information content (AvgIpc) is 3.08. The molecule has 4 nitrogen and oxygen atoms in total. The number of benzene rings is 1. The number of nitrogens with zero attached hydrogens (tertiary/aromatic N) is 1. The molecule has 1 aliphatic heterocycles. The van der Waals surface area contributed by atoms with E-state index in [9.17, 15) is 4.79 Å². The van der Waals surface area contributed by atoms with E-state index in [0.717, 1.165) is 22.0 Å². The Morgan fingerprint density at radius 3 is 2.74 bits per heavy atom. The van der Waals surface area contributed by atoms with E-state index < -0.39 is 12.0 Å². The van der Waals surface area contributed by atoms with Crippen LogP contribution in [0.4, 0.5) is 0 Å². The molecular formula is C17H15ClN2O2S. The quantitative estimate of drug-likeness (QED) is 0.856. The number of aliphatic imine (C=N–C) groups is 1. The number of nitrogens with one attached hydrogen (secondary N) is 1. The topological polar surface area (TPSA) is 50.7 Å². The van der Waals surface area contributed by atoms with Crippen LogP contribution in [0.3, 0.4) is 0 Å². The fraction of sp³-hybridized carbons (Fsp3) is 0.176. The molecule has 0 unspecified atom stereocenters. The summed E-state index contributed by atoms with van der Waals surface area (Å²) in [6, 6.07) is 10.9. The number of rotatable bonds is 3. The first-order valence-corrected chi connectivity index (χ1v) is 8.29. The van der Waals surface area contributed by atoms with Crippen LogP contribution in [0.2, 0.25) is 5.02 Å². The molecule has 0 aliphatic carbocycles. The molecule has 0 spiro atoms. The van der Waals surface area contributed by atoms with Crippen molar-refractivity contribution in [3.05, 3.63) is 68.5 Å². The van der Waals surface area contributed by atoms with Gasteiger partial charge in [-0.2, -0.15) is 0 Å². The van der Waals surface area contributed by atoms with Gasteiger partial charge in [0.2, 0.25) is 0 Å². The van der Waals surface area contributed by atoms with Crippen molar-refractivity contribution in [1.29, 1.82) is 0 Å². The number of halogens is 1. The van der Waals surface area contributed by atoms with E-state index in [1.54, 1.807) is 17.4 Å². The van der Waals surface area contributed by atoms with Gasteiger partial charge in [0.1, 0.15) is 11.9 Å². The maximum Gasteiger partial charge on any atom is 0.338 e. The van der Waals surface area contributed by atoms with Gasteiger partial charge in [0, 0.05) is 16.3 Å². The lowest BCUT2D eigenvalue weighted by atomic mass is 9.96. The van der Waals surface area contributed by atoms with Gasteiger partial charge in [-0.05, 0) is 24.4 Å². The fourth-order valence-electron chi connectivity index (χ4n) is 2.51. The molecule has 2 aromatic rings. The normalized spacial score (nSPS) is 17.5. The SMILES string of the molecule is COC(=O)C1=C(C)NC(c2cccs2)=N[C@H]1c1ccccc1Cl. The first kappa shape index (κ1) is 15.8. The monoisotopic (exact) mass is 346 g/mol. The highest BCUT2D eigenvalue weighted by atomic mass is 35.5. The van der Waals surface area contributed by atoms with Crippen LogP contribution < -0.4 is 5.32 Å². The van der Waals surface area contributed by atoms with Crippen molar-refractivity contribution in [3.8, 4) is 0 Å². The summed E-state index contributed by atoms with van der Waals surface area (Å²) in [5.74, 6) is 0.323. The predicted octanol–water partition coefficient (Wildman–Crippen LogP) is 3.94. The van der Waals surface area contributed by atoms with Gasteiger partial charge in [-0.3, -0.25) is 4.99 Å². The largest absolute Gasteiger partial charge is 0.466 e. The molecular weight excluding hydrogens is 332 g/mol. The van der Waals surface area contributed by atoms with Crippen LogP contribution in [0.1, 0.15) is 23.4 Å². The molecule has 23 heavy (non-hydrogen) atoms. The molecule has 1 aliphatic rings. The Kier molecular flexibility index (Phi) is 4.50. The third kappa shape index (κ3) is 3.02. The Hall–Kier alpha value is -2.11. The summed E-state index contributed by atoms with van der Waals surface area (Å²) < 4.78 is 4.93. The highest BCUT2D eigenvalue weighted by molar-refractivity contribution is 7.12. The number of carbonyl (C=O) groups is 1. The number of carbonyl (C=O) groups excluding carboxylic acids is 1. The summed E-state index contributed by atoms with van der Waals surface area (Å²) in [4.78, 5) is 18.0. The molecule has 0 bridgehead atoms. The molecule has 0 radical (unpaired) electrons. The molecule has 1 atom stereocenters. The van der Waals surface area contributed by atoms with Crippen molar-refractivity contribution in [1.82, 2.24) is 5.32 Å². The summed E-state index contributed by atoms with van der Waals surface area (Å²) >= 11 is 7.91. The van der Waals surface area contributed by atoms with Gasteiger partial charge in [-0.25, -0.2) is 4.79 Å². The molecule has 0 fully saturated rings. The zero-order chi connectivity index (χ0) is 16.4. The number of hydrogen-bond acceptors (Lipinski definition) is 5. The Labute approximate surface area is 143 Å². The zero-order valence-electron chi connectivity index (χ0n) is 12.7. The number of methoxy groups -OCH3 is 1. The van der Waals surface area contributed by atoms with Crippen LogP contribution in [-0.2, 0) is 9.53 Å². The van der Waals surface area contributed by atoms with Gasteiger partial charge >= 0.3 is 5.97 Å². The van der Waals surface area contributed by atoms with Gasteiger partial charge in [0.25, 0.3) is 0 Å². The highest BCUT2D eigenvalue weighted by Gasteiger charge is 2.31. The van der Waals surface area contributed by atoms with Crippen molar-refractivity contribution < 1.29 is 9.53 Å². The fourth-order valence-corrected chi connectivity index (χ4v) is 3.43. The van der Waals surface area contributed by atoms with Gasteiger partial charge < -0.3 is 10.1 Å². The van der Waals surface area contributed by atoms with Gasteiger partial charge in [-0.15, -0.1) is 11.3 Å². The molecule has 0 saturated heterocycles. The summed E-state index contributed by atoms with van der Waals surface area (Å²) in [7, 11) is 1.37. The van der Waals surface area contributed by atoms with Gasteiger partial charge in [0.05, 0.1) is 17.6 Å². The van der Waals surface area contributed by atoms with Crippen LogP contribution in [0, 0.1) is 0 Å². The van der Waals surface area contributed by atoms with Crippen molar-refractivity contribution in [2.75, 3.05) is 7.11 Å². The summed E-state index contributed by atoms with van der Waals surface area (Å²) in [6.45, 7) is 1.85. The van der Waals surface area contributed by atoms with Crippen LogP contribution >= 0.6 is 22.9 Å². The number of thiophene rings is 1. The predicted molar refractivity (Wildman–Crippen MR) is 92.9 cm³/mol. The molecule has 0 amide bonds. The molecule has 118 valence electrons. The van der Waals surface area contributed by atoms with Crippen LogP contribution in [-0.4, -0.2) is 18.9 Å². The Bertz CT molecular complexity index is 797. The molecule has 6 heteroatoms. The Morgan fingerprint density at radius 1 is 1.30 bits per heavy atom. The average molecular weight is 347 g/mol. The van der Waals surface area contributed by atoms with Crippen molar-refractivity contribution >= 4 is 34.7 Å². The number of esters is 1. The summed E-state index contributed by atoms with van der Waals surface area (Å²) in [6.07, 6.45) is 0. The first-order valence-electron chi connectivity index (χ1n) is 7.04. The third-order valence-electron chi connectivity index (χ3n) is 3.60. The van der Waals surface area contributed by atoms with E-state index in [0.29, 0.717) is 10.6 Å². The highest BCUT2D eigenvalue weighted by Crippen LogP contribution is 2.36. The smallest absolute Gasteiger partial charge is 0.338 e. The van der Waals surface area contributed by atoms with Crippen molar-refractivity contribution in [2.45, 2.75) is 13.0 Å². The maximum atomic E-state index is 12.2. The van der Waals surface area contributed by atoms with Gasteiger partial charge in [-0.1, -0.05) is 35.9 Å². The van der Waals surface area contributed by atoms with E-state index >= 15 is 0 Å². The lowest BCUT2D eigenvalue weighted by Crippen LogP contribution is -2.32. The minimum absolute atomic E-state index is 0.408. The standard InChI is InChI=1S/C17H15ClN2O2S/c1-10-14(17(21)22-2)15(11-6-3-4-7-12(11)18)20-16(19-10)13-8-5-9-23-13/h3-9,15H,1-2H3,(H,19,20)/t15-/m0/s1. The number of ether oxygens (including phenoxy) is 1. The van der Waals surface area contributed by atoms with Gasteiger partial charge in [0.15, 0.2) is 0 Å². The first-order chi connectivity index (χ1) is 11.1. The molecule has 1 N–H and O–H groups in total. The third-order valence-corrected chi connectivity index (χ3v) is 4.82. The minimum atomic E-state index is -0.491. The van der Waals surface area contributed by atoms with Crippen LogP contribution in [0.25, 0.3) is 0 Å². The van der Waals surface area contributed by atoms with Crippen LogP contribution in [0.5, 0.6) is 0 Å². The number of amidine groups is 1. The molecule has 0 saturated carbocycles. The van der Waals surface area contributed by atoms with E-state index in [1.165, 1.54) is 7.11 Å². The molecule has 1 aromatic heterocycles. The van der Waals surface area contributed by atoms with E-state index in [-0.39, 0.29) is 0 Å². The van der Waals surface area contributed by atoms with Crippen LogP contribution in [0.15, 0.2) is 58.0 Å².